The highest BCUT2D eigenvalue weighted by Crippen LogP contribution is 2.33. The Kier molecular flexibility index (Phi) is 5.69. The summed E-state index contributed by atoms with van der Waals surface area (Å²) in [5.74, 6) is -0.381. The van der Waals surface area contributed by atoms with Gasteiger partial charge in [0.15, 0.2) is 0 Å². The van der Waals surface area contributed by atoms with Crippen molar-refractivity contribution >= 4 is 29.1 Å². The second-order valence-corrected chi connectivity index (χ2v) is 8.88. The van der Waals surface area contributed by atoms with Gasteiger partial charge >= 0.3 is 0 Å². The van der Waals surface area contributed by atoms with E-state index in [0.717, 1.165) is 56.3 Å². The van der Waals surface area contributed by atoms with Gasteiger partial charge < -0.3 is 9.64 Å². The fourth-order valence-electron chi connectivity index (χ4n) is 4.73. The summed E-state index contributed by atoms with van der Waals surface area (Å²) in [4.78, 5) is 32.1. The summed E-state index contributed by atoms with van der Waals surface area (Å²) in [6.07, 6.45) is 1.84. The number of imide groups is 1. The molecule has 0 unspecified atom stereocenters. The van der Waals surface area contributed by atoms with Crippen LogP contribution in [0.3, 0.4) is 0 Å². The highest BCUT2D eigenvalue weighted by molar-refractivity contribution is 6.30. The number of anilines is 1. The van der Waals surface area contributed by atoms with Crippen LogP contribution in [0.5, 0.6) is 0 Å². The lowest BCUT2D eigenvalue weighted by molar-refractivity contribution is 0.0475. The van der Waals surface area contributed by atoms with Crippen LogP contribution in [0.25, 0.3) is 0 Å². The van der Waals surface area contributed by atoms with Crippen LogP contribution in [0.4, 0.5) is 5.69 Å². The van der Waals surface area contributed by atoms with Gasteiger partial charge in [-0.25, -0.2) is 0 Å². The maximum absolute atomic E-state index is 13.2. The zero-order valence-corrected chi connectivity index (χ0v) is 18.2. The molecule has 2 aromatic carbocycles. The molecule has 6 nitrogen and oxygen atoms in total. The number of hydrogen-bond acceptors (Lipinski definition) is 5. The third-order valence-corrected chi connectivity index (χ3v) is 6.67. The number of amides is 2. The minimum Gasteiger partial charge on any atom is -0.376 e. The third-order valence-electron chi connectivity index (χ3n) is 6.42. The van der Waals surface area contributed by atoms with Crippen LogP contribution in [0.1, 0.15) is 39.1 Å². The first kappa shape index (κ1) is 20.5. The van der Waals surface area contributed by atoms with E-state index < -0.39 is 0 Å². The van der Waals surface area contributed by atoms with Gasteiger partial charge in [-0.1, -0.05) is 29.8 Å². The van der Waals surface area contributed by atoms with Crippen molar-refractivity contribution in [3.63, 3.8) is 0 Å². The average molecular weight is 440 g/mol. The van der Waals surface area contributed by atoms with E-state index in [1.54, 1.807) is 6.07 Å². The normalized spacial score (nSPS) is 21.8. The van der Waals surface area contributed by atoms with Crippen LogP contribution in [0, 0.1) is 0 Å². The van der Waals surface area contributed by atoms with E-state index in [-0.39, 0.29) is 17.9 Å². The number of carbonyl (C=O) groups excluding carboxylic acids is 2. The Morgan fingerprint density at radius 1 is 0.968 bits per heavy atom. The molecule has 2 fully saturated rings. The highest BCUT2D eigenvalue weighted by Gasteiger charge is 2.40. The smallest absolute Gasteiger partial charge is 0.263 e. The molecule has 7 heteroatoms. The lowest BCUT2D eigenvalue weighted by atomic mass is 10.1. The topological polar surface area (TPSA) is 53.1 Å². The van der Waals surface area contributed by atoms with Gasteiger partial charge in [0, 0.05) is 44.4 Å². The van der Waals surface area contributed by atoms with Gasteiger partial charge in [-0.3, -0.25) is 19.4 Å². The molecule has 0 bridgehead atoms. The Hall–Kier alpha value is -2.41. The highest BCUT2D eigenvalue weighted by atomic mass is 35.5. The summed E-state index contributed by atoms with van der Waals surface area (Å²) >= 11 is 5.99. The summed E-state index contributed by atoms with van der Waals surface area (Å²) in [6.45, 7) is 5.36. The quantitative estimate of drug-likeness (QED) is 0.668. The van der Waals surface area contributed by atoms with Crippen molar-refractivity contribution in [2.75, 3.05) is 44.2 Å². The number of hydrogen-bond donors (Lipinski definition) is 0. The van der Waals surface area contributed by atoms with E-state index in [1.807, 2.05) is 24.3 Å². The molecular formula is C24H26ClN3O3. The number of ether oxygens (including phenoxy) is 1. The van der Waals surface area contributed by atoms with Crippen LogP contribution in [-0.4, -0.2) is 67.0 Å². The Morgan fingerprint density at radius 2 is 1.74 bits per heavy atom. The van der Waals surface area contributed by atoms with E-state index in [9.17, 15) is 9.59 Å². The summed E-state index contributed by atoms with van der Waals surface area (Å²) in [6, 6.07) is 13.6. The molecule has 3 aliphatic rings. The Bertz CT molecular complexity index is 980. The summed E-state index contributed by atoms with van der Waals surface area (Å²) < 4.78 is 5.65. The molecule has 0 radical (unpaired) electrons. The number of piperazine rings is 1. The molecule has 2 saturated heterocycles. The average Bonchev–Trinajstić information content (AvgIpc) is 3.39. The van der Waals surface area contributed by atoms with Crippen molar-refractivity contribution in [2.24, 2.45) is 0 Å². The second kappa shape index (κ2) is 8.61. The Balaban J connectivity index is 1.28. The van der Waals surface area contributed by atoms with Gasteiger partial charge in [0.25, 0.3) is 11.8 Å². The largest absolute Gasteiger partial charge is 0.376 e. The first-order chi connectivity index (χ1) is 15.1. The SMILES string of the molecule is O=C1c2cccc(N3CCN(Cc4ccc(Cl)cc4)CC3)c2C(=O)N1C[C@H]1CCCO1. The van der Waals surface area contributed by atoms with Crippen LogP contribution >= 0.6 is 11.6 Å². The Morgan fingerprint density at radius 3 is 2.45 bits per heavy atom. The van der Waals surface area contributed by atoms with E-state index in [4.69, 9.17) is 16.3 Å². The first-order valence-electron chi connectivity index (χ1n) is 10.9. The van der Waals surface area contributed by atoms with E-state index >= 15 is 0 Å². The molecule has 0 aromatic heterocycles. The molecule has 2 amide bonds. The van der Waals surface area contributed by atoms with Gasteiger partial charge in [0.1, 0.15) is 0 Å². The Labute approximate surface area is 187 Å². The van der Waals surface area contributed by atoms with Gasteiger partial charge in [0.2, 0.25) is 0 Å². The fraction of sp³-hybridized carbons (Fsp3) is 0.417. The van der Waals surface area contributed by atoms with Gasteiger partial charge in [-0.2, -0.15) is 0 Å². The van der Waals surface area contributed by atoms with E-state index in [1.165, 1.54) is 10.5 Å². The fourth-order valence-corrected chi connectivity index (χ4v) is 4.86. The number of fused-ring (bicyclic) bond motifs is 1. The van der Waals surface area contributed by atoms with E-state index in [0.29, 0.717) is 24.3 Å². The van der Waals surface area contributed by atoms with Crippen molar-refractivity contribution in [2.45, 2.75) is 25.5 Å². The van der Waals surface area contributed by atoms with Gasteiger partial charge in [-0.05, 0) is 42.7 Å². The molecule has 3 aliphatic heterocycles. The van der Waals surface area contributed by atoms with Crippen LogP contribution in [-0.2, 0) is 11.3 Å². The number of carbonyl (C=O) groups is 2. The maximum atomic E-state index is 13.2. The van der Waals surface area contributed by atoms with Crippen molar-refractivity contribution in [3.8, 4) is 0 Å². The molecule has 0 saturated carbocycles. The van der Waals surface area contributed by atoms with Gasteiger partial charge in [-0.15, -0.1) is 0 Å². The van der Waals surface area contributed by atoms with Crippen molar-refractivity contribution in [1.29, 1.82) is 0 Å². The van der Waals surface area contributed by atoms with E-state index in [2.05, 4.69) is 21.9 Å². The molecule has 2 aromatic rings. The first-order valence-corrected chi connectivity index (χ1v) is 11.3. The predicted octanol–water partition coefficient (Wildman–Crippen LogP) is 3.44. The number of rotatable bonds is 5. The monoisotopic (exact) mass is 439 g/mol. The second-order valence-electron chi connectivity index (χ2n) is 8.45. The summed E-state index contributed by atoms with van der Waals surface area (Å²) in [5, 5.41) is 0.749. The van der Waals surface area contributed by atoms with Crippen LogP contribution < -0.4 is 4.90 Å². The molecule has 5 rings (SSSR count). The molecule has 0 spiro atoms. The number of halogens is 1. The molecule has 3 heterocycles. The standard InChI is InChI=1S/C24H26ClN3O3/c25-18-8-6-17(7-9-18)15-26-10-12-27(13-11-26)21-5-1-4-20-22(21)24(30)28(23(20)29)16-19-3-2-14-31-19/h1,4-9,19H,2-3,10-16H2/t19-/m1/s1. The summed E-state index contributed by atoms with van der Waals surface area (Å²) in [5.41, 5.74) is 3.18. The minimum absolute atomic E-state index is 0.0397. The predicted molar refractivity (Wildman–Crippen MR) is 120 cm³/mol. The zero-order chi connectivity index (χ0) is 21.4. The number of nitrogens with zero attached hydrogens (tertiary/aromatic N) is 3. The lowest BCUT2D eigenvalue weighted by Gasteiger charge is -2.36. The zero-order valence-electron chi connectivity index (χ0n) is 17.4. The minimum atomic E-state index is -0.196. The van der Waals surface area contributed by atoms with Crippen LogP contribution in [0.2, 0.25) is 5.02 Å². The van der Waals surface area contributed by atoms with Crippen molar-refractivity contribution < 1.29 is 14.3 Å². The van der Waals surface area contributed by atoms with Crippen molar-refractivity contribution in [1.82, 2.24) is 9.80 Å². The number of benzene rings is 2. The van der Waals surface area contributed by atoms with Crippen LogP contribution in [0.15, 0.2) is 42.5 Å². The lowest BCUT2D eigenvalue weighted by Crippen LogP contribution is -2.46. The summed E-state index contributed by atoms with van der Waals surface area (Å²) in [7, 11) is 0. The van der Waals surface area contributed by atoms with Crippen molar-refractivity contribution in [3.05, 3.63) is 64.2 Å². The molecule has 1 atom stereocenters. The third kappa shape index (κ3) is 4.07. The molecule has 162 valence electrons. The maximum Gasteiger partial charge on any atom is 0.263 e. The molecule has 0 N–H and O–H groups in total. The molecule has 0 aliphatic carbocycles. The molecule has 31 heavy (non-hydrogen) atoms. The molecular weight excluding hydrogens is 414 g/mol. The van der Waals surface area contributed by atoms with Gasteiger partial charge in [0.05, 0.1) is 29.5 Å².